The normalized spacial score (nSPS) is 11.3. The second-order valence-electron chi connectivity index (χ2n) is 7.25. The summed E-state index contributed by atoms with van der Waals surface area (Å²) in [6.07, 6.45) is 0. The first-order chi connectivity index (χ1) is 17.0. The summed E-state index contributed by atoms with van der Waals surface area (Å²) in [5, 5.41) is 18.9. The van der Waals surface area contributed by atoms with Gasteiger partial charge in [-0.1, -0.05) is 0 Å². The van der Waals surface area contributed by atoms with Crippen molar-refractivity contribution in [3.63, 3.8) is 0 Å². The van der Waals surface area contributed by atoms with Crippen LogP contribution in [-0.2, 0) is 9.53 Å². The highest BCUT2D eigenvalue weighted by molar-refractivity contribution is 8.00. The van der Waals surface area contributed by atoms with Gasteiger partial charge in [-0.25, -0.2) is 26.7 Å². The molecule has 36 heavy (non-hydrogen) atoms. The molecule has 1 heterocycles. The zero-order valence-electron chi connectivity index (χ0n) is 17.8. The summed E-state index contributed by atoms with van der Waals surface area (Å²) in [6.45, 7) is 0. The minimum absolute atomic E-state index is 0.153. The summed E-state index contributed by atoms with van der Waals surface area (Å²) in [6, 6.07) is 2.46. The first-order valence-corrected chi connectivity index (χ1v) is 10.7. The van der Waals surface area contributed by atoms with E-state index in [1.165, 1.54) is 0 Å². The van der Waals surface area contributed by atoms with Crippen molar-refractivity contribution < 1.29 is 50.9 Å². The lowest BCUT2D eigenvalue weighted by molar-refractivity contribution is -0.137. The zero-order chi connectivity index (χ0) is 26.5. The number of carboxylic acid groups (broad SMARTS) is 1. The van der Waals surface area contributed by atoms with Crippen LogP contribution < -0.4 is 5.43 Å². The topological polar surface area (TPSA) is 114 Å². The molecule has 1 aliphatic carbocycles. The second kappa shape index (κ2) is 9.15. The maximum absolute atomic E-state index is 15.8. The molecule has 0 aromatic heterocycles. The molecule has 2 aromatic carbocycles. The molecule has 1 aliphatic heterocycles. The number of rotatable bonds is 5. The molecule has 0 unspecified atom stereocenters. The number of methoxy groups -OCH3 is 1. The van der Waals surface area contributed by atoms with Crippen molar-refractivity contribution in [2.75, 3.05) is 12.9 Å². The van der Waals surface area contributed by atoms with Gasteiger partial charge in [0.1, 0.15) is 22.7 Å². The van der Waals surface area contributed by atoms with Crippen LogP contribution in [0.5, 0.6) is 5.75 Å². The summed E-state index contributed by atoms with van der Waals surface area (Å²) in [5.41, 5.74) is -5.42. The molecule has 0 saturated carbocycles. The molecule has 7 nitrogen and oxygen atoms in total. The van der Waals surface area contributed by atoms with Crippen molar-refractivity contribution in [2.45, 2.75) is 4.90 Å². The molecule has 0 atom stereocenters. The Labute approximate surface area is 201 Å². The van der Waals surface area contributed by atoms with E-state index in [-0.39, 0.29) is 11.8 Å². The molecule has 0 bridgehead atoms. The van der Waals surface area contributed by atoms with Gasteiger partial charge in [-0.05, 0) is 12.1 Å². The predicted octanol–water partition coefficient (Wildman–Crippen LogP) is 4.93. The van der Waals surface area contributed by atoms with E-state index in [9.17, 15) is 37.8 Å². The zero-order valence-corrected chi connectivity index (χ0v) is 18.6. The van der Waals surface area contributed by atoms with Crippen LogP contribution in [0.25, 0.3) is 33.4 Å². The van der Waals surface area contributed by atoms with Gasteiger partial charge in [0, 0.05) is 34.2 Å². The minimum atomic E-state index is -2.13. The van der Waals surface area contributed by atoms with Crippen LogP contribution in [0, 0.1) is 29.1 Å². The van der Waals surface area contributed by atoms with Gasteiger partial charge in [0.15, 0.2) is 29.0 Å². The lowest BCUT2D eigenvalue weighted by atomic mass is 9.89. The Morgan fingerprint density at radius 2 is 1.67 bits per heavy atom. The number of phenolic OH excluding ortho intramolecular Hbond substituents is 1. The van der Waals surface area contributed by atoms with E-state index in [1.807, 2.05) is 0 Å². The van der Waals surface area contributed by atoms with Crippen molar-refractivity contribution in [3.05, 3.63) is 69.1 Å². The van der Waals surface area contributed by atoms with Gasteiger partial charge in [0.25, 0.3) is 0 Å². The third-order valence-electron chi connectivity index (χ3n) is 5.15. The van der Waals surface area contributed by atoms with Crippen molar-refractivity contribution in [1.82, 2.24) is 0 Å². The molecule has 0 spiro atoms. The molecule has 13 heteroatoms. The lowest BCUT2D eigenvalue weighted by Gasteiger charge is -2.19. The van der Waals surface area contributed by atoms with E-state index in [0.29, 0.717) is 24.3 Å². The van der Waals surface area contributed by atoms with Gasteiger partial charge in [-0.2, -0.15) is 0 Å². The molecule has 2 aromatic rings. The highest BCUT2D eigenvalue weighted by atomic mass is 32.2. The fourth-order valence-corrected chi connectivity index (χ4v) is 4.39. The van der Waals surface area contributed by atoms with Crippen LogP contribution >= 0.6 is 11.8 Å². The molecular formula is C23H11F5O7S. The molecule has 2 N–H and O–H groups in total. The molecule has 4 rings (SSSR count). The Balaban J connectivity index is 2.24. The van der Waals surface area contributed by atoms with Crippen molar-refractivity contribution >= 4 is 34.7 Å². The first kappa shape index (κ1) is 25.0. The predicted molar refractivity (Wildman–Crippen MR) is 116 cm³/mol. The van der Waals surface area contributed by atoms with Crippen LogP contribution in [0.3, 0.4) is 0 Å². The van der Waals surface area contributed by atoms with E-state index < -0.39 is 102 Å². The summed E-state index contributed by atoms with van der Waals surface area (Å²) in [4.78, 5) is 34.2. The second-order valence-corrected chi connectivity index (χ2v) is 8.23. The lowest BCUT2D eigenvalue weighted by Crippen LogP contribution is -2.13. The third-order valence-corrected chi connectivity index (χ3v) is 6.18. The Morgan fingerprint density at radius 3 is 2.31 bits per heavy atom. The molecule has 2 aliphatic rings. The number of ether oxygens (including phenoxy) is 1. The van der Waals surface area contributed by atoms with Gasteiger partial charge in [0.05, 0.1) is 17.8 Å². The highest BCUT2D eigenvalue weighted by Crippen LogP contribution is 2.46. The fraction of sp³-hybridized carbons (Fsp3) is 0.0870. The molecule has 0 fully saturated rings. The Kier molecular flexibility index (Phi) is 6.35. The Hall–Kier alpha value is -4.13. The smallest absolute Gasteiger partial charge is 0.339 e. The first-order valence-electron chi connectivity index (χ1n) is 9.68. The number of aromatic carboxylic acids is 1. The molecular weight excluding hydrogens is 515 g/mol. The van der Waals surface area contributed by atoms with E-state index in [0.717, 1.165) is 7.11 Å². The molecule has 0 amide bonds. The standard InChI is InChI=1S/C23H11F5O7S/c1-34-15(31)6-36-22-20(27)17(18(23(32)33)19(26)21(22)28)16-7-2-9(24)11(29)4-13(7)35-14-5-12(30)10(25)3-8(14)16/h2-5,29H,6H2,1H3,(H,32,33). The Bertz CT molecular complexity index is 1620. The highest BCUT2D eigenvalue weighted by Gasteiger charge is 2.34. The van der Waals surface area contributed by atoms with Crippen molar-refractivity contribution in [3.8, 4) is 28.2 Å². The monoisotopic (exact) mass is 526 g/mol. The third kappa shape index (κ3) is 4.00. The van der Waals surface area contributed by atoms with Crippen LogP contribution in [-0.4, -0.2) is 35.0 Å². The van der Waals surface area contributed by atoms with Crippen LogP contribution in [0.1, 0.15) is 10.4 Å². The number of phenols is 1. The number of carbonyl (C=O) groups excluding carboxylic acids is 1. The maximum Gasteiger partial charge on any atom is 0.339 e. The largest absolute Gasteiger partial charge is 0.505 e. The number of carboxylic acids is 1. The summed E-state index contributed by atoms with van der Waals surface area (Å²) >= 11 is 0.153. The summed E-state index contributed by atoms with van der Waals surface area (Å²) in [7, 11) is 0.990. The van der Waals surface area contributed by atoms with Crippen LogP contribution in [0.15, 0.2) is 38.4 Å². The van der Waals surface area contributed by atoms with Gasteiger partial charge in [-0.3, -0.25) is 9.59 Å². The molecule has 0 saturated heterocycles. The number of hydrogen-bond acceptors (Lipinski definition) is 7. The number of hydrogen-bond donors (Lipinski definition) is 2. The van der Waals surface area contributed by atoms with Gasteiger partial charge in [-0.15, -0.1) is 11.8 Å². The maximum atomic E-state index is 15.8. The average Bonchev–Trinajstić information content (AvgIpc) is 2.82. The quantitative estimate of drug-likeness (QED) is 0.124. The molecule has 0 radical (unpaired) electrons. The number of fused-ring (bicyclic) bond motifs is 2. The number of halogens is 5. The van der Waals surface area contributed by atoms with Gasteiger partial charge >= 0.3 is 11.9 Å². The SMILES string of the molecule is COC(=O)CSc1c(F)c(F)c(C(=O)O)c(-c2c3cc(F)c(=O)cc-3oc3cc(O)c(F)cc23)c1F. The number of thioether (sulfide) groups is 1. The summed E-state index contributed by atoms with van der Waals surface area (Å²) in [5.74, 6) is -13.5. The number of aromatic hydroxyl groups is 1. The van der Waals surface area contributed by atoms with E-state index in [1.54, 1.807) is 0 Å². The van der Waals surface area contributed by atoms with E-state index >= 15 is 8.78 Å². The van der Waals surface area contributed by atoms with Crippen molar-refractivity contribution in [1.29, 1.82) is 0 Å². The van der Waals surface area contributed by atoms with Crippen molar-refractivity contribution in [2.24, 2.45) is 0 Å². The van der Waals surface area contributed by atoms with Gasteiger partial charge in [0.2, 0.25) is 5.43 Å². The average molecular weight is 526 g/mol. The minimum Gasteiger partial charge on any atom is -0.505 e. The van der Waals surface area contributed by atoms with Gasteiger partial charge < -0.3 is 19.4 Å². The molecule has 186 valence electrons. The fourth-order valence-electron chi connectivity index (χ4n) is 3.56. The Morgan fingerprint density at radius 1 is 0.972 bits per heavy atom. The van der Waals surface area contributed by atoms with E-state index in [2.05, 4.69) is 4.74 Å². The number of esters is 1. The number of carbonyl (C=O) groups is 2. The van der Waals surface area contributed by atoms with Crippen LogP contribution in [0.4, 0.5) is 22.0 Å². The van der Waals surface area contributed by atoms with E-state index in [4.69, 9.17) is 4.42 Å². The van der Waals surface area contributed by atoms with Crippen LogP contribution in [0.2, 0.25) is 0 Å². The summed E-state index contributed by atoms with van der Waals surface area (Å²) < 4.78 is 83.9. The number of benzene rings is 3.